The fourth-order valence-electron chi connectivity index (χ4n) is 4.01. The second-order valence-electron chi connectivity index (χ2n) is 7.57. The SMILES string of the molecule is I.O=S1(=O)CCC(CN=C(NCC2CCOC2)N2CCc3ccccc32)C1. The van der Waals surface area contributed by atoms with E-state index in [-0.39, 0.29) is 35.6 Å². The molecule has 0 spiro atoms. The van der Waals surface area contributed by atoms with Crippen molar-refractivity contribution in [3.05, 3.63) is 29.8 Å². The van der Waals surface area contributed by atoms with Crippen LogP contribution < -0.4 is 10.2 Å². The van der Waals surface area contributed by atoms with Crippen LogP contribution in [-0.2, 0) is 21.0 Å². The number of hydrogen-bond acceptors (Lipinski definition) is 4. The first-order valence-electron chi connectivity index (χ1n) is 9.53. The number of aliphatic imine (C=N–C) groups is 1. The molecule has 6 nitrogen and oxygen atoms in total. The van der Waals surface area contributed by atoms with Gasteiger partial charge in [-0.1, -0.05) is 18.2 Å². The van der Waals surface area contributed by atoms with Gasteiger partial charge in [0.1, 0.15) is 0 Å². The summed E-state index contributed by atoms with van der Waals surface area (Å²) in [5, 5.41) is 3.54. The Hall–Kier alpha value is -0.870. The summed E-state index contributed by atoms with van der Waals surface area (Å²) in [7, 11) is -2.86. The summed E-state index contributed by atoms with van der Waals surface area (Å²) in [5.74, 6) is 2.12. The van der Waals surface area contributed by atoms with Crippen molar-refractivity contribution in [1.82, 2.24) is 5.32 Å². The number of guanidine groups is 1. The van der Waals surface area contributed by atoms with Crippen LogP contribution in [0.3, 0.4) is 0 Å². The molecule has 1 aromatic carbocycles. The van der Waals surface area contributed by atoms with Gasteiger partial charge in [0, 0.05) is 37.8 Å². The van der Waals surface area contributed by atoms with E-state index in [9.17, 15) is 8.42 Å². The maximum Gasteiger partial charge on any atom is 0.198 e. The average Bonchev–Trinajstić information content (AvgIpc) is 3.35. The summed E-state index contributed by atoms with van der Waals surface area (Å²) in [6.45, 7) is 3.97. The molecule has 2 fully saturated rings. The number of halogens is 1. The highest BCUT2D eigenvalue weighted by Crippen LogP contribution is 2.28. The standard InChI is InChI=1S/C19H27N3O3S.HI/c23-26(24)10-7-16(14-26)12-21-19(20-11-15-6-9-25-13-15)22-8-5-17-3-1-2-4-18(17)22;/h1-4,15-16H,5-14H2,(H,20,21);1H. The highest BCUT2D eigenvalue weighted by molar-refractivity contribution is 14.0. The zero-order valence-corrected chi connectivity index (χ0v) is 18.6. The highest BCUT2D eigenvalue weighted by Gasteiger charge is 2.29. The normalized spacial score (nSPS) is 26.7. The lowest BCUT2D eigenvalue weighted by atomic mass is 10.1. The topological polar surface area (TPSA) is 71.0 Å². The second kappa shape index (κ2) is 9.09. The third kappa shape index (κ3) is 5.14. The fraction of sp³-hybridized carbons (Fsp3) is 0.632. The second-order valence-corrected chi connectivity index (χ2v) is 9.80. The molecule has 2 unspecified atom stereocenters. The number of ether oxygens (including phenoxy) is 1. The quantitative estimate of drug-likeness (QED) is 0.386. The van der Waals surface area contributed by atoms with Gasteiger partial charge in [0.25, 0.3) is 0 Å². The number of para-hydroxylation sites is 1. The molecule has 0 radical (unpaired) electrons. The Bertz CT molecular complexity index is 778. The van der Waals surface area contributed by atoms with Crippen molar-refractivity contribution in [2.45, 2.75) is 19.3 Å². The Morgan fingerprint density at radius 1 is 1.26 bits per heavy atom. The predicted molar refractivity (Wildman–Crippen MR) is 119 cm³/mol. The minimum atomic E-state index is -2.86. The van der Waals surface area contributed by atoms with Gasteiger partial charge in [0.15, 0.2) is 15.8 Å². The van der Waals surface area contributed by atoms with Crippen LogP contribution in [-0.4, -0.2) is 58.7 Å². The Labute approximate surface area is 178 Å². The monoisotopic (exact) mass is 505 g/mol. The number of nitrogens with one attached hydrogen (secondary N) is 1. The zero-order chi connectivity index (χ0) is 18.0. The summed E-state index contributed by atoms with van der Waals surface area (Å²) in [6, 6.07) is 8.44. The molecule has 2 atom stereocenters. The predicted octanol–water partition coefficient (Wildman–Crippen LogP) is 2.08. The lowest BCUT2D eigenvalue weighted by molar-refractivity contribution is 0.186. The Balaban J connectivity index is 0.00000210. The minimum Gasteiger partial charge on any atom is -0.381 e. The molecule has 1 N–H and O–H groups in total. The van der Waals surface area contributed by atoms with E-state index < -0.39 is 9.84 Å². The molecule has 0 amide bonds. The van der Waals surface area contributed by atoms with Crippen molar-refractivity contribution in [1.29, 1.82) is 0 Å². The van der Waals surface area contributed by atoms with Gasteiger partial charge in [-0.3, -0.25) is 4.99 Å². The van der Waals surface area contributed by atoms with E-state index in [1.807, 2.05) is 0 Å². The van der Waals surface area contributed by atoms with Crippen molar-refractivity contribution < 1.29 is 13.2 Å². The number of rotatable bonds is 4. The van der Waals surface area contributed by atoms with E-state index in [0.717, 1.165) is 51.5 Å². The maximum absolute atomic E-state index is 11.7. The zero-order valence-electron chi connectivity index (χ0n) is 15.5. The molecule has 3 aliphatic heterocycles. The van der Waals surface area contributed by atoms with Crippen molar-refractivity contribution in [3.63, 3.8) is 0 Å². The number of sulfone groups is 1. The summed E-state index contributed by atoms with van der Waals surface area (Å²) in [5.41, 5.74) is 2.55. The van der Waals surface area contributed by atoms with Crippen LogP contribution in [0, 0.1) is 11.8 Å². The van der Waals surface area contributed by atoms with E-state index in [0.29, 0.717) is 18.2 Å². The largest absolute Gasteiger partial charge is 0.381 e. The van der Waals surface area contributed by atoms with Crippen molar-refractivity contribution in [2.75, 3.05) is 49.3 Å². The first kappa shape index (κ1) is 20.9. The Morgan fingerprint density at radius 3 is 2.85 bits per heavy atom. The molecule has 8 heteroatoms. The van der Waals surface area contributed by atoms with Gasteiger partial charge in [0.2, 0.25) is 0 Å². The molecule has 0 aromatic heterocycles. The average molecular weight is 505 g/mol. The first-order chi connectivity index (χ1) is 12.6. The van der Waals surface area contributed by atoms with Crippen LogP contribution in [0.25, 0.3) is 0 Å². The van der Waals surface area contributed by atoms with Crippen molar-refractivity contribution in [2.24, 2.45) is 16.8 Å². The molecule has 0 bridgehead atoms. The highest BCUT2D eigenvalue weighted by atomic mass is 127. The third-order valence-corrected chi connectivity index (χ3v) is 7.38. The summed E-state index contributed by atoms with van der Waals surface area (Å²) in [4.78, 5) is 7.08. The molecule has 27 heavy (non-hydrogen) atoms. The molecule has 150 valence electrons. The van der Waals surface area contributed by atoms with Crippen molar-refractivity contribution >= 4 is 45.5 Å². The molecular formula is C19H28IN3O3S. The van der Waals surface area contributed by atoms with Gasteiger partial charge in [-0.2, -0.15) is 0 Å². The first-order valence-corrected chi connectivity index (χ1v) is 11.3. The van der Waals surface area contributed by atoms with E-state index in [4.69, 9.17) is 9.73 Å². The lowest BCUT2D eigenvalue weighted by Gasteiger charge is -2.24. The maximum atomic E-state index is 11.7. The fourth-order valence-corrected chi connectivity index (χ4v) is 5.86. The van der Waals surface area contributed by atoms with Crippen LogP contribution in [0.4, 0.5) is 5.69 Å². The van der Waals surface area contributed by atoms with E-state index in [2.05, 4.69) is 34.5 Å². The molecule has 0 aliphatic carbocycles. The van der Waals surface area contributed by atoms with E-state index in [1.165, 1.54) is 11.3 Å². The van der Waals surface area contributed by atoms with Crippen LogP contribution in [0.15, 0.2) is 29.3 Å². The molecule has 1 aromatic rings. The van der Waals surface area contributed by atoms with Gasteiger partial charge < -0.3 is 15.0 Å². The van der Waals surface area contributed by atoms with Gasteiger partial charge in [-0.05, 0) is 36.8 Å². The van der Waals surface area contributed by atoms with Crippen LogP contribution in [0.1, 0.15) is 18.4 Å². The van der Waals surface area contributed by atoms with Gasteiger partial charge in [0.05, 0.1) is 18.1 Å². The minimum absolute atomic E-state index is 0. The number of benzene rings is 1. The van der Waals surface area contributed by atoms with E-state index in [1.54, 1.807) is 0 Å². The Morgan fingerprint density at radius 2 is 2.11 bits per heavy atom. The third-order valence-electron chi connectivity index (χ3n) is 5.54. The smallest absolute Gasteiger partial charge is 0.198 e. The number of anilines is 1. The number of nitrogens with zero attached hydrogens (tertiary/aromatic N) is 2. The van der Waals surface area contributed by atoms with E-state index >= 15 is 0 Å². The number of fused-ring (bicyclic) bond motifs is 1. The van der Waals surface area contributed by atoms with Crippen molar-refractivity contribution in [3.8, 4) is 0 Å². The molecule has 3 heterocycles. The lowest BCUT2D eigenvalue weighted by Crippen LogP contribution is -2.43. The van der Waals surface area contributed by atoms with Crippen LogP contribution in [0.2, 0.25) is 0 Å². The van der Waals surface area contributed by atoms with Crippen LogP contribution >= 0.6 is 24.0 Å². The molecule has 4 rings (SSSR count). The summed E-state index contributed by atoms with van der Waals surface area (Å²) >= 11 is 0. The van der Waals surface area contributed by atoms with Gasteiger partial charge >= 0.3 is 0 Å². The molecule has 0 saturated carbocycles. The van der Waals surface area contributed by atoms with Crippen LogP contribution in [0.5, 0.6) is 0 Å². The molecular weight excluding hydrogens is 477 g/mol. The molecule has 3 aliphatic rings. The summed E-state index contributed by atoms with van der Waals surface area (Å²) < 4.78 is 28.9. The summed E-state index contributed by atoms with van der Waals surface area (Å²) in [6.07, 6.45) is 2.82. The Kier molecular flexibility index (Phi) is 7.02. The van der Waals surface area contributed by atoms with Gasteiger partial charge in [-0.25, -0.2) is 8.42 Å². The number of hydrogen-bond donors (Lipinski definition) is 1. The van der Waals surface area contributed by atoms with Gasteiger partial charge in [-0.15, -0.1) is 24.0 Å². The molecule has 2 saturated heterocycles.